The second-order valence-electron chi connectivity index (χ2n) is 5.28. The molecule has 1 unspecified atom stereocenters. The normalized spacial score (nSPS) is 13.4. The number of aryl methyl sites for hydroxylation is 1. The fraction of sp³-hybridized carbons (Fsp3) is 0.467. The van der Waals surface area contributed by atoms with Gasteiger partial charge in [0.25, 0.3) is 0 Å². The molecule has 0 spiro atoms. The number of benzene rings is 1. The van der Waals surface area contributed by atoms with Gasteiger partial charge in [-0.25, -0.2) is 0 Å². The van der Waals surface area contributed by atoms with Gasteiger partial charge in [-0.05, 0) is 45.5 Å². The minimum Gasteiger partial charge on any atom is -0.358 e. The van der Waals surface area contributed by atoms with Crippen molar-refractivity contribution >= 4 is 10.9 Å². The van der Waals surface area contributed by atoms with Gasteiger partial charge in [0.05, 0.1) is 0 Å². The van der Waals surface area contributed by atoms with Gasteiger partial charge < -0.3 is 15.6 Å². The summed E-state index contributed by atoms with van der Waals surface area (Å²) >= 11 is 0. The van der Waals surface area contributed by atoms with Gasteiger partial charge in [-0.3, -0.25) is 0 Å². The maximum absolute atomic E-state index is 5.80. The van der Waals surface area contributed by atoms with Gasteiger partial charge >= 0.3 is 0 Å². The lowest BCUT2D eigenvalue weighted by Gasteiger charge is -2.18. The third-order valence-electron chi connectivity index (χ3n) is 3.42. The fourth-order valence-electron chi connectivity index (χ4n) is 2.31. The number of aromatic amines is 1. The predicted molar refractivity (Wildman–Crippen MR) is 77.6 cm³/mol. The molecule has 3 N–H and O–H groups in total. The van der Waals surface area contributed by atoms with Crippen molar-refractivity contribution in [3.8, 4) is 0 Å². The molecule has 0 bridgehead atoms. The summed E-state index contributed by atoms with van der Waals surface area (Å²) in [5.41, 5.74) is 9.70. The van der Waals surface area contributed by atoms with Crippen molar-refractivity contribution in [1.82, 2.24) is 9.88 Å². The molecule has 1 heterocycles. The number of hydrogen-bond donors (Lipinski definition) is 2. The van der Waals surface area contributed by atoms with Gasteiger partial charge in [0.2, 0.25) is 0 Å². The van der Waals surface area contributed by atoms with Crippen LogP contribution in [-0.2, 0) is 6.54 Å². The van der Waals surface area contributed by atoms with Gasteiger partial charge in [0, 0.05) is 29.2 Å². The summed E-state index contributed by atoms with van der Waals surface area (Å²) < 4.78 is 0. The molecule has 18 heavy (non-hydrogen) atoms. The van der Waals surface area contributed by atoms with Crippen LogP contribution in [-0.4, -0.2) is 29.5 Å². The van der Waals surface area contributed by atoms with E-state index in [2.05, 4.69) is 55.0 Å². The molecule has 0 aliphatic heterocycles. The minimum atomic E-state index is 0.275. The smallest absolute Gasteiger partial charge is 0.0459 e. The van der Waals surface area contributed by atoms with E-state index >= 15 is 0 Å². The van der Waals surface area contributed by atoms with Crippen molar-refractivity contribution in [3.63, 3.8) is 0 Å². The van der Waals surface area contributed by atoms with Gasteiger partial charge in [-0.2, -0.15) is 0 Å². The third-order valence-corrected chi connectivity index (χ3v) is 3.42. The lowest BCUT2D eigenvalue weighted by Crippen LogP contribution is -2.25. The van der Waals surface area contributed by atoms with E-state index in [0.29, 0.717) is 0 Å². The number of rotatable bonds is 5. The van der Waals surface area contributed by atoms with Gasteiger partial charge in [0.15, 0.2) is 0 Å². The van der Waals surface area contributed by atoms with E-state index < -0.39 is 0 Å². The van der Waals surface area contributed by atoms with E-state index in [1.54, 1.807) is 0 Å². The molecule has 0 amide bonds. The van der Waals surface area contributed by atoms with Crippen LogP contribution in [0.3, 0.4) is 0 Å². The fourth-order valence-corrected chi connectivity index (χ4v) is 2.31. The first-order chi connectivity index (χ1) is 8.58. The highest BCUT2D eigenvalue weighted by Crippen LogP contribution is 2.22. The van der Waals surface area contributed by atoms with Crippen molar-refractivity contribution in [2.24, 2.45) is 5.73 Å². The molecule has 1 aromatic heterocycles. The topological polar surface area (TPSA) is 45.0 Å². The Morgan fingerprint density at radius 3 is 2.78 bits per heavy atom. The van der Waals surface area contributed by atoms with Crippen molar-refractivity contribution in [2.75, 3.05) is 13.6 Å². The summed E-state index contributed by atoms with van der Waals surface area (Å²) in [6, 6.07) is 8.76. The molecule has 0 saturated carbocycles. The molecular formula is C15H23N3. The van der Waals surface area contributed by atoms with Crippen LogP contribution in [0.5, 0.6) is 0 Å². The molecule has 0 radical (unpaired) electrons. The second-order valence-corrected chi connectivity index (χ2v) is 5.28. The highest BCUT2D eigenvalue weighted by molar-refractivity contribution is 5.84. The number of H-pyrrole nitrogens is 1. The molecule has 0 aliphatic carbocycles. The standard InChI is InChI=1S/C15H23N3/c1-11(16)8-9-18(3)10-14-12(2)17-15-7-5-4-6-13(14)15/h4-7,11,17H,8-10,16H2,1-3H3. The lowest BCUT2D eigenvalue weighted by molar-refractivity contribution is 0.314. The Morgan fingerprint density at radius 2 is 2.06 bits per heavy atom. The molecule has 1 atom stereocenters. The lowest BCUT2D eigenvalue weighted by atomic mass is 10.1. The van der Waals surface area contributed by atoms with Gasteiger partial charge in [-0.1, -0.05) is 18.2 Å². The molecule has 3 heteroatoms. The first-order valence-corrected chi connectivity index (χ1v) is 6.58. The Hall–Kier alpha value is -1.32. The summed E-state index contributed by atoms with van der Waals surface area (Å²) in [5, 5.41) is 1.34. The molecular weight excluding hydrogens is 222 g/mol. The molecule has 0 aliphatic rings. The van der Waals surface area contributed by atoms with Crippen LogP contribution in [0.2, 0.25) is 0 Å². The van der Waals surface area contributed by atoms with Crippen molar-refractivity contribution in [1.29, 1.82) is 0 Å². The zero-order valence-electron chi connectivity index (χ0n) is 11.5. The second kappa shape index (κ2) is 5.55. The zero-order chi connectivity index (χ0) is 13.1. The Kier molecular flexibility index (Phi) is 4.04. The van der Waals surface area contributed by atoms with Crippen LogP contribution >= 0.6 is 0 Å². The Bertz CT molecular complexity index is 513. The molecule has 3 nitrogen and oxygen atoms in total. The summed E-state index contributed by atoms with van der Waals surface area (Å²) in [6.07, 6.45) is 1.04. The van der Waals surface area contributed by atoms with E-state index in [1.807, 2.05) is 0 Å². The monoisotopic (exact) mass is 245 g/mol. The predicted octanol–water partition coefficient (Wildman–Crippen LogP) is 2.65. The highest BCUT2D eigenvalue weighted by Gasteiger charge is 2.10. The number of nitrogens with one attached hydrogen (secondary N) is 1. The number of para-hydroxylation sites is 1. The van der Waals surface area contributed by atoms with E-state index in [-0.39, 0.29) is 6.04 Å². The molecule has 98 valence electrons. The van der Waals surface area contributed by atoms with Crippen LogP contribution in [0.15, 0.2) is 24.3 Å². The largest absolute Gasteiger partial charge is 0.358 e. The number of hydrogen-bond acceptors (Lipinski definition) is 2. The van der Waals surface area contributed by atoms with Crippen LogP contribution in [0.4, 0.5) is 0 Å². The molecule has 2 rings (SSSR count). The Morgan fingerprint density at radius 1 is 1.33 bits per heavy atom. The van der Waals surface area contributed by atoms with Crippen LogP contribution in [0.25, 0.3) is 10.9 Å². The summed E-state index contributed by atoms with van der Waals surface area (Å²) in [5.74, 6) is 0. The van der Waals surface area contributed by atoms with Crippen LogP contribution in [0, 0.1) is 6.92 Å². The average Bonchev–Trinajstić information content (AvgIpc) is 2.64. The summed E-state index contributed by atoms with van der Waals surface area (Å²) in [4.78, 5) is 5.79. The third kappa shape index (κ3) is 2.92. The number of fused-ring (bicyclic) bond motifs is 1. The van der Waals surface area contributed by atoms with Gasteiger partial charge in [0.1, 0.15) is 0 Å². The van der Waals surface area contributed by atoms with Crippen LogP contribution < -0.4 is 5.73 Å². The number of aromatic nitrogens is 1. The van der Waals surface area contributed by atoms with Crippen molar-refractivity contribution < 1.29 is 0 Å². The zero-order valence-corrected chi connectivity index (χ0v) is 11.5. The van der Waals surface area contributed by atoms with Crippen molar-refractivity contribution in [3.05, 3.63) is 35.5 Å². The Labute approximate surface area is 109 Å². The first kappa shape index (κ1) is 13.1. The molecule has 1 aromatic carbocycles. The van der Waals surface area contributed by atoms with E-state index in [9.17, 15) is 0 Å². The SMILES string of the molecule is Cc1[nH]c2ccccc2c1CN(C)CCC(C)N. The average molecular weight is 245 g/mol. The van der Waals surface area contributed by atoms with Gasteiger partial charge in [-0.15, -0.1) is 0 Å². The maximum Gasteiger partial charge on any atom is 0.0459 e. The first-order valence-electron chi connectivity index (χ1n) is 6.58. The van der Waals surface area contributed by atoms with E-state index in [4.69, 9.17) is 5.73 Å². The quantitative estimate of drug-likeness (QED) is 0.850. The number of nitrogens with zero attached hydrogens (tertiary/aromatic N) is 1. The Balaban J connectivity index is 2.13. The van der Waals surface area contributed by atoms with E-state index in [1.165, 1.54) is 22.2 Å². The van der Waals surface area contributed by atoms with Crippen molar-refractivity contribution in [2.45, 2.75) is 32.9 Å². The summed E-state index contributed by atoms with van der Waals surface area (Å²) in [6.45, 7) is 6.22. The molecule has 0 saturated heterocycles. The number of nitrogens with two attached hydrogens (primary N) is 1. The molecule has 0 fully saturated rings. The molecule has 2 aromatic rings. The highest BCUT2D eigenvalue weighted by atomic mass is 15.1. The maximum atomic E-state index is 5.80. The van der Waals surface area contributed by atoms with E-state index in [0.717, 1.165) is 19.5 Å². The minimum absolute atomic E-state index is 0.275. The summed E-state index contributed by atoms with van der Waals surface area (Å²) in [7, 11) is 2.16. The van der Waals surface area contributed by atoms with Crippen LogP contribution in [0.1, 0.15) is 24.6 Å².